The van der Waals surface area contributed by atoms with Gasteiger partial charge >= 0.3 is 5.97 Å². The molecule has 2 aromatic carbocycles. The van der Waals surface area contributed by atoms with Crippen LogP contribution in [0.1, 0.15) is 23.0 Å². The molecule has 138 valence electrons. The summed E-state index contributed by atoms with van der Waals surface area (Å²) in [5.74, 6) is -1.11. The number of carbonyl (C=O) groups is 2. The Morgan fingerprint density at radius 2 is 1.89 bits per heavy atom. The molecule has 0 unspecified atom stereocenters. The highest BCUT2D eigenvalue weighted by Crippen LogP contribution is 2.24. The monoisotopic (exact) mass is 400 g/mol. The number of ether oxygens (including phenoxy) is 1. The SMILES string of the molecule is CCc1ccc(-c2nc(C(=O)OCC(=O)Nc3ccccc3Cl)cs2)cc1. The molecule has 0 spiro atoms. The van der Waals surface area contributed by atoms with Gasteiger partial charge in [0.15, 0.2) is 12.3 Å². The molecule has 0 saturated heterocycles. The van der Waals surface area contributed by atoms with Crippen molar-refractivity contribution in [3.63, 3.8) is 0 Å². The van der Waals surface area contributed by atoms with Gasteiger partial charge < -0.3 is 10.1 Å². The number of carbonyl (C=O) groups excluding carboxylic acids is 2. The number of aryl methyl sites for hydroxylation is 1. The lowest BCUT2D eigenvalue weighted by molar-refractivity contribution is -0.119. The van der Waals surface area contributed by atoms with E-state index in [-0.39, 0.29) is 5.69 Å². The fraction of sp³-hybridized carbons (Fsp3) is 0.150. The van der Waals surface area contributed by atoms with Crippen LogP contribution in [0.15, 0.2) is 53.9 Å². The Balaban J connectivity index is 1.57. The lowest BCUT2D eigenvalue weighted by Crippen LogP contribution is -2.21. The number of para-hydroxylation sites is 1. The number of halogens is 1. The summed E-state index contributed by atoms with van der Waals surface area (Å²) in [6, 6.07) is 14.9. The number of hydrogen-bond acceptors (Lipinski definition) is 5. The van der Waals surface area contributed by atoms with Crippen LogP contribution in [0.25, 0.3) is 10.6 Å². The van der Waals surface area contributed by atoms with Crippen molar-refractivity contribution in [3.05, 3.63) is 70.2 Å². The molecule has 1 N–H and O–H groups in total. The third-order valence-corrected chi connectivity index (χ3v) is 5.03. The topological polar surface area (TPSA) is 68.3 Å². The van der Waals surface area contributed by atoms with Crippen molar-refractivity contribution in [3.8, 4) is 10.6 Å². The molecule has 27 heavy (non-hydrogen) atoms. The van der Waals surface area contributed by atoms with E-state index < -0.39 is 18.5 Å². The third-order valence-electron chi connectivity index (χ3n) is 3.80. The second kappa shape index (κ2) is 8.79. The number of nitrogens with zero attached hydrogens (tertiary/aromatic N) is 1. The predicted molar refractivity (Wildman–Crippen MR) is 107 cm³/mol. The molecule has 0 atom stereocenters. The number of thiazole rings is 1. The van der Waals surface area contributed by atoms with Gasteiger partial charge in [0, 0.05) is 10.9 Å². The number of rotatable bonds is 6. The molecule has 5 nitrogen and oxygen atoms in total. The van der Waals surface area contributed by atoms with Gasteiger partial charge in [0.1, 0.15) is 5.01 Å². The molecule has 3 aromatic rings. The Kier molecular flexibility index (Phi) is 6.21. The number of aromatic nitrogens is 1. The summed E-state index contributed by atoms with van der Waals surface area (Å²) in [5, 5.41) is 5.35. The first-order chi connectivity index (χ1) is 13.1. The van der Waals surface area contributed by atoms with Crippen LogP contribution in [0.5, 0.6) is 0 Å². The number of benzene rings is 2. The summed E-state index contributed by atoms with van der Waals surface area (Å²) in [6.45, 7) is 1.68. The molecule has 0 aliphatic carbocycles. The van der Waals surface area contributed by atoms with E-state index in [4.69, 9.17) is 16.3 Å². The quantitative estimate of drug-likeness (QED) is 0.602. The summed E-state index contributed by atoms with van der Waals surface area (Å²) in [5.41, 5.74) is 2.82. The van der Waals surface area contributed by atoms with Crippen molar-refractivity contribution in [1.82, 2.24) is 4.98 Å². The number of hydrogen-bond donors (Lipinski definition) is 1. The van der Waals surface area contributed by atoms with Crippen molar-refractivity contribution in [2.24, 2.45) is 0 Å². The minimum absolute atomic E-state index is 0.181. The zero-order valence-corrected chi connectivity index (χ0v) is 16.1. The van der Waals surface area contributed by atoms with Gasteiger partial charge in [-0.15, -0.1) is 11.3 Å². The molecule has 0 saturated carbocycles. The van der Waals surface area contributed by atoms with E-state index >= 15 is 0 Å². The Morgan fingerprint density at radius 1 is 1.15 bits per heavy atom. The number of nitrogens with one attached hydrogen (secondary N) is 1. The van der Waals surface area contributed by atoms with Crippen molar-refractivity contribution in [2.75, 3.05) is 11.9 Å². The lowest BCUT2D eigenvalue weighted by Gasteiger charge is -2.07. The minimum atomic E-state index is -0.642. The van der Waals surface area contributed by atoms with Gasteiger partial charge in [-0.05, 0) is 24.1 Å². The molecule has 3 rings (SSSR count). The highest BCUT2D eigenvalue weighted by Gasteiger charge is 2.15. The molecule has 0 fully saturated rings. The van der Waals surface area contributed by atoms with Crippen molar-refractivity contribution in [1.29, 1.82) is 0 Å². The summed E-state index contributed by atoms with van der Waals surface area (Å²) < 4.78 is 5.04. The van der Waals surface area contributed by atoms with E-state index in [1.807, 2.05) is 24.3 Å². The van der Waals surface area contributed by atoms with Crippen LogP contribution in [0.4, 0.5) is 5.69 Å². The maximum atomic E-state index is 12.1. The van der Waals surface area contributed by atoms with Gasteiger partial charge in [-0.1, -0.05) is 54.9 Å². The highest BCUT2D eigenvalue weighted by molar-refractivity contribution is 7.13. The molecular formula is C20H17ClN2O3S. The fourth-order valence-corrected chi connectivity index (χ4v) is 3.32. The first-order valence-corrected chi connectivity index (χ1v) is 9.59. The number of esters is 1. The first-order valence-electron chi connectivity index (χ1n) is 8.33. The van der Waals surface area contributed by atoms with E-state index in [9.17, 15) is 9.59 Å². The first kappa shape index (κ1) is 19.1. The van der Waals surface area contributed by atoms with Gasteiger partial charge in [-0.25, -0.2) is 9.78 Å². The second-order valence-electron chi connectivity index (χ2n) is 5.69. The zero-order chi connectivity index (χ0) is 19.2. The van der Waals surface area contributed by atoms with Crippen molar-refractivity contribution >= 4 is 40.5 Å². The Morgan fingerprint density at radius 3 is 2.59 bits per heavy atom. The van der Waals surface area contributed by atoms with Crippen molar-refractivity contribution in [2.45, 2.75) is 13.3 Å². The highest BCUT2D eigenvalue weighted by atomic mass is 35.5. The Labute approximate surface area is 166 Å². The normalized spacial score (nSPS) is 10.4. The smallest absolute Gasteiger partial charge is 0.358 e. The number of amides is 1. The molecular weight excluding hydrogens is 384 g/mol. The summed E-state index contributed by atoms with van der Waals surface area (Å²) >= 11 is 7.33. The average Bonchev–Trinajstić information content (AvgIpc) is 3.18. The van der Waals surface area contributed by atoms with Crippen LogP contribution < -0.4 is 5.32 Å². The lowest BCUT2D eigenvalue weighted by atomic mass is 10.1. The van der Waals surface area contributed by atoms with Gasteiger partial charge in [-0.2, -0.15) is 0 Å². The van der Waals surface area contributed by atoms with E-state index in [2.05, 4.69) is 17.2 Å². The largest absolute Gasteiger partial charge is 0.451 e. The van der Waals surface area contributed by atoms with Gasteiger partial charge in [0.25, 0.3) is 5.91 Å². The molecule has 1 heterocycles. The van der Waals surface area contributed by atoms with E-state index in [0.717, 1.165) is 17.0 Å². The van der Waals surface area contributed by atoms with Gasteiger partial charge in [0.2, 0.25) is 0 Å². The minimum Gasteiger partial charge on any atom is -0.451 e. The summed E-state index contributed by atoms with van der Waals surface area (Å²) in [4.78, 5) is 28.4. The maximum Gasteiger partial charge on any atom is 0.358 e. The van der Waals surface area contributed by atoms with Crippen molar-refractivity contribution < 1.29 is 14.3 Å². The summed E-state index contributed by atoms with van der Waals surface area (Å²) in [6.07, 6.45) is 0.964. The Hall–Kier alpha value is -2.70. The second-order valence-corrected chi connectivity index (χ2v) is 6.96. The fourth-order valence-electron chi connectivity index (χ4n) is 2.34. The predicted octanol–water partition coefficient (Wildman–Crippen LogP) is 4.82. The van der Waals surface area contributed by atoms with E-state index in [1.54, 1.807) is 29.6 Å². The number of anilines is 1. The van der Waals surface area contributed by atoms with Crippen LogP contribution in [-0.4, -0.2) is 23.5 Å². The van der Waals surface area contributed by atoms with Crippen LogP contribution >= 0.6 is 22.9 Å². The third kappa shape index (κ3) is 4.93. The van der Waals surface area contributed by atoms with Crippen LogP contribution in [0.3, 0.4) is 0 Å². The molecule has 7 heteroatoms. The van der Waals surface area contributed by atoms with Crippen LogP contribution in [-0.2, 0) is 16.0 Å². The summed E-state index contributed by atoms with van der Waals surface area (Å²) in [7, 11) is 0. The zero-order valence-electron chi connectivity index (χ0n) is 14.6. The molecule has 1 aromatic heterocycles. The Bertz CT molecular complexity index is 954. The average molecular weight is 401 g/mol. The molecule has 0 aliphatic heterocycles. The van der Waals surface area contributed by atoms with Gasteiger partial charge in [0.05, 0.1) is 10.7 Å². The molecule has 0 aliphatic rings. The van der Waals surface area contributed by atoms with Crippen LogP contribution in [0, 0.1) is 0 Å². The van der Waals surface area contributed by atoms with Crippen LogP contribution in [0.2, 0.25) is 5.02 Å². The standard InChI is InChI=1S/C20H17ClN2O3S/c1-2-13-7-9-14(10-8-13)19-23-17(12-27-19)20(25)26-11-18(24)22-16-6-4-3-5-15(16)21/h3-10,12H,2,11H2,1H3,(H,22,24). The van der Waals surface area contributed by atoms with E-state index in [0.29, 0.717) is 10.7 Å². The van der Waals surface area contributed by atoms with E-state index in [1.165, 1.54) is 16.9 Å². The molecule has 1 amide bonds. The molecule has 0 radical (unpaired) electrons. The van der Waals surface area contributed by atoms with Gasteiger partial charge in [-0.3, -0.25) is 4.79 Å². The molecule has 0 bridgehead atoms. The maximum absolute atomic E-state index is 12.1.